The van der Waals surface area contributed by atoms with E-state index in [9.17, 15) is 4.79 Å². The number of carbonyl (C=O) groups excluding carboxylic acids is 1. The van der Waals surface area contributed by atoms with Gasteiger partial charge in [-0.05, 0) is 49.0 Å². The van der Waals surface area contributed by atoms with Gasteiger partial charge in [-0.15, -0.1) is 0 Å². The molecule has 1 amide bonds. The van der Waals surface area contributed by atoms with Crippen LogP contribution < -0.4 is 0 Å². The lowest BCUT2D eigenvalue weighted by Gasteiger charge is -2.03. The SMILES string of the molecule is CCn1c2ccccc2c2cc(C=C3OC(=S)N(C)C3=O)ccc21. The zero-order valence-electron chi connectivity index (χ0n) is 13.4. The van der Waals surface area contributed by atoms with E-state index in [4.69, 9.17) is 17.0 Å². The molecule has 1 fully saturated rings. The molecule has 1 aliphatic rings. The highest BCUT2D eigenvalue weighted by Gasteiger charge is 2.30. The third-order valence-corrected chi connectivity index (χ3v) is 4.75. The van der Waals surface area contributed by atoms with Gasteiger partial charge in [0.05, 0.1) is 0 Å². The van der Waals surface area contributed by atoms with Crippen molar-refractivity contribution in [1.29, 1.82) is 0 Å². The van der Waals surface area contributed by atoms with Crippen LogP contribution in [0.3, 0.4) is 0 Å². The Kier molecular flexibility index (Phi) is 3.39. The van der Waals surface area contributed by atoms with Crippen molar-refractivity contribution in [2.75, 3.05) is 7.05 Å². The van der Waals surface area contributed by atoms with Gasteiger partial charge in [0.25, 0.3) is 11.1 Å². The second-order valence-corrected chi connectivity index (χ2v) is 6.13. The zero-order valence-corrected chi connectivity index (χ0v) is 14.3. The Morgan fingerprint density at radius 1 is 1.12 bits per heavy atom. The number of para-hydroxylation sites is 1. The summed E-state index contributed by atoms with van der Waals surface area (Å²) < 4.78 is 7.67. The van der Waals surface area contributed by atoms with Crippen molar-refractivity contribution in [3.05, 3.63) is 53.8 Å². The van der Waals surface area contributed by atoms with Gasteiger partial charge in [0.2, 0.25) is 0 Å². The summed E-state index contributed by atoms with van der Waals surface area (Å²) >= 11 is 5.01. The highest BCUT2D eigenvalue weighted by Crippen LogP contribution is 2.30. The fraction of sp³-hybridized carbons (Fsp3) is 0.158. The maximum Gasteiger partial charge on any atom is 0.296 e. The molecular formula is C19H16N2O2S. The van der Waals surface area contributed by atoms with Gasteiger partial charge in [0.1, 0.15) is 0 Å². The van der Waals surface area contributed by atoms with Crippen LogP contribution in [0.5, 0.6) is 0 Å². The molecule has 1 saturated heterocycles. The first-order valence-corrected chi connectivity index (χ1v) is 8.23. The van der Waals surface area contributed by atoms with Crippen LogP contribution in [0.2, 0.25) is 0 Å². The standard InChI is InChI=1S/C19H16N2O2S/c1-3-21-15-7-5-4-6-13(15)14-10-12(8-9-16(14)21)11-17-18(22)20(2)19(24)23-17/h4-11H,3H2,1-2H3. The van der Waals surface area contributed by atoms with Crippen LogP contribution >= 0.6 is 12.2 Å². The fourth-order valence-electron chi connectivity index (χ4n) is 3.20. The quantitative estimate of drug-likeness (QED) is 0.525. The molecule has 2 aromatic carbocycles. The third kappa shape index (κ3) is 2.12. The lowest BCUT2D eigenvalue weighted by Crippen LogP contribution is -2.22. The van der Waals surface area contributed by atoms with Gasteiger partial charge in [0, 0.05) is 35.4 Å². The number of likely N-dealkylation sites (N-methyl/N-ethyl adjacent to an activating group) is 1. The highest BCUT2D eigenvalue weighted by molar-refractivity contribution is 7.80. The molecule has 3 aromatic rings. The molecule has 0 spiro atoms. The Morgan fingerprint density at radius 3 is 2.58 bits per heavy atom. The van der Waals surface area contributed by atoms with Crippen LogP contribution in [0.15, 0.2) is 48.2 Å². The first-order valence-electron chi connectivity index (χ1n) is 7.82. The molecule has 4 nitrogen and oxygen atoms in total. The molecule has 24 heavy (non-hydrogen) atoms. The third-order valence-electron chi connectivity index (χ3n) is 4.40. The van der Waals surface area contributed by atoms with E-state index in [0.717, 1.165) is 12.1 Å². The summed E-state index contributed by atoms with van der Waals surface area (Å²) in [7, 11) is 1.61. The van der Waals surface area contributed by atoms with E-state index < -0.39 is 0 Å². The number of nitrogens with zero attached hydrogens (tertiary/aromatic N) is 2. The fourth-order valence-corrected chi connectivity index (χ4v) is 3.37. The molecule has 0 radical (unpaired) electrons. The van der Waals surface area contributed by atoms with Gasteiger partial charge in [-0.25, -0.2) is 0 Å². The topological polar surface area (TPSA) is 34.5 Å². The Balaban J connectivity index is 1.89. The van der Waals surface area contributed by atoms with Crippen molar-refractivity contribution < 1.29 is 9.53 Å². The second-order valence-electron chi connectivity index (χ2n) is 5.78. The Morgan fingerprint density at radius 2 is 1.88 bits per heavy atom. The molecule has 2 heterocycles. The normalized spacial score (nSPS) is 16.6. The van der Waals surface area contributed by atoms with Gasteiger partial charge in [-0.2, -0.15) is 0 Å². The molecule has 0 unspecified atom stereocenters. The van der Waals surface area contributed by atoms with E-state index in [2.05, 4.69) is 41.8 Å². The number of carbonyl (C=O) groups is 1. The van der Waals surface area contributed by atoms with Gasteiger partial charge >= 0.3 is 0 Å². The summed E-state index contributed by atoms with van der Waals surface area (Å²) in [6, 6.07) is 14.5. The molecule has 5 heteroatoms. The van der Waals surface area contributed by atoms with Crippen LogP contribution in [-0.2, 0) is 16.1 Å². The average Bonchev–Trinajstić information content (AvgIpc) is 3.04. The number of thiocarbonyl (C=S) groups is 1. The predicted molar refractivity (Wildman–Crippen MR) is 99.5 cm³/mol. The zero-order chi connectivity index (χ0) is 16.8. The van der Waals surface area contributed by atoms with Crippen LogP contribution in [-0.4, -0.2) is 27.6 Å². The van der Waals surface area contributed by atoms with E-state index in [1.165, 1.54) is 26.7 Å². The minimum absolute atomic E-state index is 0.190. The smallest absolute Gasteiger partial charge is 0.296 e. The van der Waals surface area contributed by atoms with E-state index in [1.807, 2.05) is 12.1 Å². The molecule has 4 rings (SSSR count). The number of rotatable bonds is 2. The number of amides is 1. The number of aryl methyl sites for hydroxylation is 1. The van der Waals surface area contributed by atoms with E-state index in [0.29, 0.717) is 0 Å². The number of fused-ring (bicyclic) bond motifs is 3. The van der Waals surface area contributed by atoms with Gasteiger partial charge in [0.15, 0.2) is 5.76 Å². The molecule has 0 atom stereocenters. The van der Waals surface area contributed by atoms with Gasteiger partial charge < -0.3 is 9.30 Å². The maximum atomic E-state index is 12.1. The number of hydrogen-bond acceptors (Lipinski definition) is 3. The van der Waals surface area contributed by atoms with Crippen LogP contribution in [0.25, 0.3) is 27.9 Å². The van der Waals surface area contributed by atoms with Crippen molar-refractivity contribution >= 4 is 51.2 Å². The molecule has 1 aromatic heterocycles. The summed E-state index contributed by atoms with van der Waals surface area (Å²) in [5, 5.41) is 2.57. The van der Waals surface area contributed by atoms with Gasteiger partial charge in [-0.3, -0.25) is 9.69 Å². The van der Waals surface area contributed by atoms with Crippen molar-refractivity contribution in [2.45, 2.75) is 13.5 Å². The average molecular weight is 336 g/mol. The number of aromatic nitrogens is 1. The molecule has 0 N–H and O–H groups in total. The monoisotopic (exact) mass is 336 g/mol. The molecule has 1 aliphatic heterocycles. The number of benzene rings is 2. The minimum Gasteiger partial charge on any atom is -0.426 e. The first kappa shape index (κ1) is 14.9. The molecule has 0 bridgehead atoms. The van der Waals surface area contributed by atoms with E-state index in [1.54, 1.807) is 13.1 Å². The van der Waals surface area contributed by atoms with Crippen LogP contribution in [0, 0.1) is 0 Å². The van der Waals surface area contributed by atoms with Crippen molar-refractivity contribution in [3.63, 3.8) is 0 Å². The Labute approximate surface area is 144 Å². The van der Waals surface area contributed by atoms with Gasteiger partial charge in [-0.1, -0.05) is 24.3 Å². The van der Waals surface area contributed by atoms with E-state index in [-0.39, 0.29) is 16.8 Å². The van der Waals surface area contributed by atoms with Crippen molar-refractivity contribution in [1.82, 2.24) is 9.47 Å². The summed E-state index contributed by atoms with van der Waals surface area (Å²) in [6.07, 6.45) is 1.75. The summed E-state index contributed by atoms with van der Waals surface area (Å²) in [6.45, 7) is 3.05. The van der Waals surface area contributed by atoms with E-state index >= 15 is 0 Å². The molecule has 0 aliphatic carbocycles. The minimum atomic E-state index is -0.212. The summed E-state index contributed by atoms with van der Waals surface area (Å²) in [5.41, 5.74) is 3.32. The Hall–Kier alpha value is -2.66. The highest BCUT2D eigenvalue weighted by atomic mass is 32.1. The van der Waals surface area contributed by atoms with Crippen LogP contribution in [0.1, 0.15) is 12.5 Å². The summed E-state index contributed by atoms with van der Waals surface area (Å²) in [5.74, 6) is 0.0529. The number of hydrogen-bond donors (Lipinski definition) is 0. The first-order chi connectivity index (χ1) is 11.6. The molecular weight excluding hydrogens is 320 g/mol. The largest absolute Gasteiger partial charge is 0.426 e. The molecule has 120 valence electrons. The number of ether oxygens (including phenoxy) is 1. The lowest BCUT2D eigenvalue weighted by atomic mass is 10.1. The summed E-state index contributed by atoms with van der Waals surface area (Å²) in [4.78, 5) is 13.4. The lowest BCUT2D eigenvalue weighted by molar-refractivity contribution is -0.122. The van der Waals surface area contributed by atoms with Crippen LogP contribution in [0.4, 0.5) is 0 Å². The predicted octanol–water partition coefficient (Wildman–Crippen LogP) is 3.93. The van der Waals surface area contributed by atoms with Crippen molar-refractivity contribution in [2.24, 2.45) is 0 Å². The molecule has 0 saturated carbocycles. The Bertz CT molecular complexity index is 1030. The maximum absolute atomic E-state index is 12.1. The van der Waals surface area contributed by atoms with Crippen molar-refractivity contribution in [3.8, 4) is 0 Å². The second kappa shape index (κ2) is 5.46.